The number of esters is 1. The van der Waals surface area contributed by atoms with Crippen LogP contribution in [0.1, 0.15) is 5.56 Å². The molecule has 1 aliphatic rings. The Bertz CT molecular complexity index is 399. The van der Waals surface area contributed by atoms with Crippen molar-refractivity contribution < 1.29 is 9.53 Å². The van der Waals surface area contributed by atoms with E-state index in [0.717, 1.165) is 11.4 Å². The number of nitrogens with zero attached hydrogens (tertiary/aromatic N) is 1. The van der Waals surface area contributed by atoms with E-state index in [1.165, 1.54) is 7.11 Å². The maximum atomic E-state index is 11.4. The summed E-state index contributed by atoms with van der Waals surface area (Å²) >= 11 is 0. The predicted molar refractivity (Wildman–Crippen MR) is 52.7 cm³/mol. The van der Waals surface area contributed by atoms with Gasteiger partial charge in [0.1, 0.15) is 5.82 Å². The number of aromatic nitrogens is 1. The minimum atomic E-state index is -0.319. The molecule has 4 heteroatoms. The molecular formula is C10H10N2O2. The number of pyridine rings is 1. The van der Waals surface area contributed by atoms with Crippen molar-refractivity contribution in [3.05, 3.63) is 30.0 Å². The second-order valence-electron chi connectivity index (χ2n) is 2.89. The van der Waals surface area contributed by atoms with Crippen LogP contribution in [0.4, 0.5) is 5.82 Å². The maximum absolute atomic E-state index is 11.4. The SMILES string of the molecule is COC(=O)C1=CCNc2ncccc21. The third kappa shape index (κ3) is 1.35. The summed E-state index contributed by atoms with van der Waals surface area (Å²) in [5.41, 5.74) is 1.37. The van der Waals surface area contributed by atoms with E-state index < -0.39 is 0 Å². The van der Waals surface area contributed by atoms with E-state index in [-0.39, 0.29) is 5.97 Å². The van der Waals surface area contributed by atoms with Crippen LogP contribution in [0, 0.1) is 0 Å². The Kier molecular flexibility index (Phi) is 2.18. The monoisotopic (exact) mass is 190 g/mol. The van der Waals surface area contributed by atoms with Gasteiger partial charge in [0.2, 0.25) is 0 Å². The normalized spacial score (nSPS) is 13.6. The van der Waals surface area contributed by atoms with Crippen LogP contribution in [-0.2, 0) is 9.53 Å². The van der Waals surface area contributed by atoms with E-state index in [0.29, 0.717) is 12.1 Å². The molecule has 0 unspecified atom stereocenters. The number of carbonyl (C=O) groups is 1. The van der Waals surface area contributed by atoms with Gasteiger partial charge in [-0.15, -0.1) is 0 Å². The first-order valence-electron chi connectivity index (χ1n) is 4.30. The molecule has 0 radical (unpaired) electrons. The molecule has 1 N–H and O–H groups in total. The van der Waals surface area contributed by atoms with Crippen molar-refractivity contribution in [2.75, 3.05) is 19.0 Å². The van der Waals surface area contributed by atoms with Gasteiger partial charge < -0.3 is 10.1 Å². The molecule has 2 rings (SSSR count). The minimum Gasteiger partial charge on any atom is -0.465 e. The molecule has 4 nitrogen and oxygen atoms in total. The lowest BCUT2D eigenvalue weighted by Gasteiger charge is -2.16. The van der Waals surface area contributed by atoms with Gasteiger partial charge in [-0.2, -0.15) is 0 Å². The molecule has 72 valence electrons. The minimum absolute atomic E-state index is 0.319. The first-order valence-corrected chi connectivity index (χ1v) is 4.30. The maximum Gasteiger partial charge on any atom is 0.338 e. The van der Waals surface area contributed by atoms with Crippen molar-refractivity contribution in [1.82, 2.24) is 4.98 Å². The van der Waals surface area contributed by atoms with E-state index in [4.69, 9.17) is 0 Å². The molecule has 0 saturated carbocycles. The molecule has 0 amide bonds. The van der Waals surface area contributed by atoms with Crippen LogP contribution in [0.5, 0.6) is 0 Å². The van der Waals surface area contributed by atoms with Crippen LogP contribution in [0.15, 0.2) is 24.4 Å². The molecule has 0 spiro atoms. The number of anilines is 1. The van der Waals surface area contributed by atoms with Gasteiger partial charge in [-0.3, -0.25) is 0 Å². The van der Waals surface area contributed by atoms with E-state index in [2.05, 4.69) is 15.0 Å². The molecule has 1 aliphatic heterocycles. The Morgan fingerprint density at radius 3 is 3.29 bits per heavy atom. The quantitative estimate of drug-likeness (QED) is 0.673. The highest BCUT2D eigenvalue weighted by Gasteiger charge is 2.18. The van der Waals surface area contributed by atoms with Gasteiger partial charge in [-0.05, 0) is 12.1 Å². The van der Waals surface area contributed by atoms with Gasteiger partial charge in [0.15, 0.2) is 0 Å². The topological polar surface area (TPSA) is 51.2 Å². The second kappa shape index (κ2) is 3.49. The fourth-order valence-electron chi connectivity index (χ4n) is 1.43. The Labute approximate surface area is 81.6 Å². The van der Waals surface area contributed by atoms with Gasteiger partial charge in [-0.25, -0.2) is 9.78 Å². The number of rotatable bonds is 1. The lowest BCUT2D eigenvalue weighted by molar-refractivity contribution is -0.133. The standard InChI is InChI=1S/C10H10N2O2/c1-14-10(13)8-4-6-12-9-7(8)3-2-5-11-9/h2-5H,6H2,1H3,(H,11,12). The van der Waals surface area contributed by atoms with E-state index >= 15 is 0 Å². The Morgan fingerprint density at radius 2 is 2.50 bits per heavy atom. The molecule has 0 aliphatic carbocycles. The fraction of sp³-hybridized carbons (Fsp3) is 0.200. The van der Waals surface area contributed by atoms with Gasteiger partial charge in [-0.1, -0.05) is 6.08 Å². The molecule has 0 fully saturated rings. The van der Waals surface area contributed by atoms with E-state index in [1.54, 1.807) is 18.3 Å². The van der Waals surface area contributed by atoms with Crippen LogP contribution in [-0.4, -0.2) is 24.6 Å². The number of carbonyl (C=O) groups excluding carboxylic acids is 1. The number of ether oxygens (including phenoxy) is 1. The van der Waals surface area contributed by atoms with Gasteiger partial charge >= 0.3 is 5.97 Å². The zero-order valence-electron chi connectivity index (χ0n) is 7.78. The average Bonchev–Trinajstić information content (AvgIpc) is 2.27. The molecule has 1 aromatic heterocycles. The highest BCUT2D eigenvalue weighted by molar-refractivity contribution is 6.18. The summed E-state index contributed by atoms with van der Waals surface area (Å²) in [5, 5.41) is 3.08. The molecule has 2 heterocycles. The molecule has 0 atom stereocenters. The fourth-order valence-corrected chi connectivity index (χ4v) is 1.43. The van der Waals surface area contributed by atoms with Crippen LogP contribution < -0.4 is 5.32 Å². The second-order valence-corrected chi connectivity index (χ2v) is 2.89. The summed E-state index contributed by atoms with van der Waals surface area (Å²) in [4.78, 5) is 15.5. The highest BCUT2D eigenvalue weighted by atomic mass is 16.5. The Morgan fingerprint density at radius 1 is 1.64 bits per heavy atom. The third-order valence-electron chi connectivity index (χ3n) is 2.08. The van der Waals surface area contributed by atoms with Crippen molar-refractivity contribution in [1.29, 1.82) is 0 Å². The summed E-state index contributed by atoms with van der Waals surface area (Å²) < 4.78 is 4.68. The molecule has 0 saturated heterocycles. The number of nitrogens with one attached hydrogen (secondary N) is 1. The van der Waals surface area contributed by atoms with Crippen molar-refractivity contribution in [2.24, 2.45) is 0 Å². The summed E-state index contributed by atoms with van der Waals surface area (Å²) in [6, 6.07) is 3.64. The average molecular weight is 190 g/mol. The zero-order chi connectivity index (χ0) is 9.97. The zero-order valence-corrected chi connectivity index (χ0v) is 7.78. The summed E-state index contributed by atoms with van der Waals surface area (Å²) in [6.07, 6.45) is 3.49. The van der Waals surface area contributed by atoms with E-state index in [1.807, 2.05) is 6.07 Å². The van der Waals surface area contributed by atoms with Gasteiger partial charge in [0.05, 0.1) is 12.7 Å². The number of fused-ring (bicyclic) bond motifs is 1. The van der Waals surface area contributed by atoms with Crippen LogP contribution in [0.2, 0.25) is 0 Å². The molecule has 0 aromatic carbocycles. The summed E-state index contributed by atoms with van der Waals surface area (Å²) in [6.45, 7) is 0.606. The first kappa shape index (κ1) is 8.74. The third-order valence-corrected chi connectivity index (χ3v) is 2.08. The van der Waals surface area contributed by atoms with Crippen molar-refractivity contribution >= 4 is 17.4 Å². The largest absolute Gasteiger partial charge is 0.465 e. The highest BCUT2D eigenvalue weighted by Crippen LogP contribution is 2.25. The van der Waals surface area contributed by atoms with Crippen molar-refractivity contribution in [3.8, 4) is 0 Å². The van der Waals surface area contributed by atoms with E-state index in [9.17, 15) is 4.79 Å². The molecule has 0 bridgehead atoms. The van der Waals surface area contributed by atoms with Crippen LogP contribution in [0.25, 0.3) is 5.57 Å². The lowest BCUT2D eigenvalue weighted by Crippen LogP contribution is -2.15. The van der Waals surface area contributed by atoms with Crippen molar-refractivity contribution in [2.45, 2.75) is 0 Å². The number of hydrogen-bond acceptors (Lipinski definition) is 4. The first-order chi connectivity index (χ1) is 6.83. The Balaban J connectivity index is 2.45. The number of hydrogen-bond donors (Lipinski definition) is 1. The van der Waals surface area contributed by atoms with Crippen molar-refractivity contribution in [3.63, 3.8) is 0 Å². The van der Waals surface area contributed by atoms with Gasteiger partial charge in [0, 0.05) is 18.3 Å². The summed E-state index contributed by atoms with van der Waals surface area (Å²) in [5.74, 6) is 0.413. The smallest absolute Gasteiger partial charge is 0.338 e. The lowest BCUT2D eigenvalue weighted by atomic mass is 10.0. The molecular weight excluding hydrogens is 180 g/mol. The number of methoxy groups -OCH3 is 1. The molecule has 14 heavy (non-hydrogen) atoms. The predicted octanol–water partition coefficient (Wildman–Crippen LogP) is 1.06. The van der Waals surface area contributed by atoms with Gasteiger partial charge in [0.25, 0.3) is 0 Å². The van der Waals surface area contributed by atoms with Crippen LogP contribution >= 0.6 is 0 Å². The summed E-state index contributed by atoms with van der Waals surface area (Å²) in [7, 11) is 1.38. The Hall–Kier alpha value is -1.84. The molecule has 1 aromatic rings. The van der Waals surface area contributed by atoms with Crippen LogP contribution in [0.3, 0.4) is 0 Å².